The molecule has 3 atom stereocenters. The Morgan fingerprint density at radius 1 is 1.23 bits per heavy atom. The fourth-order valence-electron chi connectivity index (χ4n) is 4.64. The van der Waals surface area contributed by atoms with E-state index in [1.807, 2.05) is 25.2 Å². The molecule has 0 radical (unpaired) electrons. The zero-order valence-electron chi connectivity index (χ0n) is 19.7. The first kappa shape index (κ1) is 23.2. The summed E-state index contributed by atoms with van der Waals surface area (Å²) < 4.78 is 9.40. The number of aromatic nitrogens is 5. The Hall–Kier alpha value is -3.54. The third-order valence-electron chi connectivity index (χ3n) is 6.69. The average Bonchev–Trinajstić information content (AvgIpc) is 3.65. The quantitative estimate of drug-likeness (QED) is 0.339. The van der Waals surface area contributed by atoms with E-state index in [1.54, 1.807) is 10.7 Å². The molecule has 4 aromatic rings. The molecule has 1 aliphatic heterocycles. The average molecular weight is 480 g/mol. The van der Waals surface area contributed by atoms with Crippen LogP contribution in [0, 0.1) is 0 Å². The number of nitrogens with one attached hydrogen (secondary N) is 2. The number of rotatable bonds is 5. The van der Waals surface area contributed by atoms with Crippen molar-refractivity contribution in [3.05, 3.63) is 42.4 Å². The summed E-state index contributed by atoms with van der Waals surface area (Å²) in [4.78, 5) is 22.4. The van der Waals surface area contributed by atoms with Crippen LogP contribution in [0.4, 0.5) is 5.82 Å². The Balaban J connectivity index is 0.00000124. The molecule has 1 saturated carbocycles. The summed E-state index contributed by atoms with van der Waals surface area (Å²) in [5.41, 5.74) is 3.38. The minimum absolute atomic E-state index is 0.225. The Bertz CT molecular complexity index is 1360. The normalized spacial score (nSPS) is 21.4. The maximum absolute atomic E-state index is 12.9. The van der Waals surface area contributed by atoms with Crippen molar-refractivity contribution in [2.45, 2.75) is 37.5 Å². The van der Waals surface area contributed by atoms with Crippen molar-refractivity contribution in [3.8, 4) is 11.3 Å². The zero-order chi connectivity index (χ0) is 24.5. The molecule has 11 nitrogen and oxygen atoms in total. The Labute approximate surface area is 201 Å². The molecule has 1 saturated heterocycles. The Kier molecular flexibility index (Phi) is 6.37. The maximum Gasteiger partial charge on any atom is 0.257 e. The van der Waals surface area contributed by atoms with Gasteiger partial charge in [-0.1, -0.05) is 0 Å². The van der Waals surface area contributed by atoms with Gasteiger partial charge in [-0.25, -0.2) is 9.97 Å². The molecule has 2 fully saturated rings. The number of hydrogen-bond acceptors (Lipinski definition) is 8. The van der Waals surface area contributed by atoms with Crippen LogP contribution in [0.15, 0.2) is 36.8 Å². The van der Waals surface area contributed by atoms with Crippen LogP contribution in [-0.2, 0) is 4.74 Å². The number of nitrogens with zero attached hydrogens (tertiary/aromatic N) is 5. The Morgan fingerprint density at radius 3 is 2.77 bits per heavy atom. The van der Waals surface area contributed by atoms with Crippen molar-refractivity contribution in [1.82, 2.24) is 29.5 Å². The second-order valence-electron chi connectivity index (χ2n) is 8.64. The van der Waals surface area contributed by atoms with Gasteiger partial charge in [0.25, 0.3) is 5.91 Å². The number of amides is 1. The highest BCUT2D eigenvalue weighted by Crippen LogP contribution is 2.34. The van der Waals surface area contributed by atoms with E-state index in [1.165, 1.54) is 6.20 Å². The van der Waals surface area contributed by atoms with Gasteiger partial charge in [0.15, 0.2) is 5.65 Å². The van der Waals surface area contributed by atoms with Gasteiger partial charge in [0.05, 0.1) is 36.7 Å². The van der Waals surface area contributed by atoms with Gasteiger partial charge >= 0.3 is 0 Å². The number of carbonyl (C=O) groups is 1. The molecule has 4 aromatic heterocycles. The van der Waals surface area contributed by atoms with E-state index >= 15 is 0 Å². The van der Waals surface area contributed by atoms with E-state index in [2.05, 4.69) is 31.5 Å². The second-order valence-corrected chi connectivity index (χ2v) is 8.64. The molecule has 2 aliphatic rings. The molecule has 0 aromatic carbocycles. The fraction of sp³-hybridized carbons (Fsp3) is 0.417. The van der Waals surface area contributed by atoms with Crippen molar-refractivity contribution in [2.75, 3.05) is 32.7 Å². The minimum Gasteiger partial charge on any atom is -0.400 e. The first-order chi connectivity index (χ1) is 17.1. The van der Waals surface area contributed by atoms with E-state index in [-0.39, 0.29) is 18.0 Å². The number of hydrogen-bond donors (Lipinski definition) is 4. The summed E-state index contributed by atoms with van der Waals surface area (Å²) >= 11 is 0. The van der Waals surface area contributed by atoms with Crippen molar-refractivity contribution in [3.63, 3.8) is 0 Å². The standard InChI is InChI=1S/C23H25N7O3.CH4O/c1-24-20-9-18(16-11-29(13-6-8-33-12-13)21-14(16)3-2-7-25-21)27-22-15(10-26-30(20)22)23(32)28-17-4-5-19(17)31;1-2/h2-3,7,9-11,13,17,19,24,31H,4-6,8,12H2,1H3,(H,28,32);2H,1H3. The molecular formula is C24H29N7O4. The Morgan fingerprint density at radius 2 is 2.09 bits per heavy atom. The first-order valence-electron chi connectivity index (χ1n) is 11.7. The summed E-state index contributed by atoms with van der Waals surface area (Å²) in [5.74, 6) is 0.430. The third-order valence-corrected chi connectivity index (χ3v) is 6.69. The van der Waals surface area contributed by atoms with Gasteiger partial charge in [0.1, 0.15) is 17.0 Å². The maximum atomic E-state index is 12.9. The SMILES string of the molecule is CNc1cc(-c2cn(C3CCOC3)c3ncccc23)nc2c(C(=O)NC3CCC3O)cnn12.CO. The van der Waals surface area contributed by atoms with E-state index < -0.39 is 6.10 Å². The number of aliphatic hydroxyl groups excluding tert-OH is 2. The number of carbonyl (C=O) groups excluding carboxylic acids is 1. The highest BCUT2D eigenvalue weighted by molar-refractivity contribution is 6.01. The summed E-state index contributed by atoms with van der Waals surface area (Å²) in [6.07, 6.45) is 7.31. The molecule has 4 N–H and O–H groups in total. The van der Waals surface area contributed by atoms with Gasteiger partial charge in [-0.2, -0.15) is 9.61 Å². The van der Waals surface area contributed by atoms with Crippen molar-refractivity contribution in [2.24, 2.45) is 0 Å². The van der Waals surface area contributed by atoms with Gasteiger partial charge in [0.2, 0.25) is 0 Å². The smallest absolute Gasteiger partial charge is 0.257 e. The van der Waals surface area contributed by atoms with Crippen molar-refractivity contribution >= 4 is 28.4 Å². The molecule has 35 heavy (non-hydrogen) atoms. The van der Waals surface area contributed by atoms with Crippen LogP contribution in [0.5, 0.6) is 0 Å². The number of anilines is 1. The van der Waals surface area contributed by atoms with Gasteiger partial charge in [-0.05, 0) is 31.4 Å². The minimum atomic E-state index is -0.495. The lowest BCUT2D eigenvalue weighted by Crippen LogP contribution is -2.50. The molecule has 184 valence electrons. The lowest BCUT2D eigenvalue weighted by atomic mass is 9.89. The first-order valence-corrected chi connectivity index (χ1v) is 11.7. The third kappa shape index (κ3) is 4.01. The molecule has 0 spiro atoms. The topological polar surface area (TPSA) is 139 Å². The van der Waals surface area contributed by atoms with Gasteiger partial charge in [-0.3, -0.25) is 4.79 Å². The van der Waals surface area contributed by atoms with Crippen molar-refractivity contribution in [1.29, 1.82) is 0 Å². The van der Waals surface area contributed by atoms with Crippen molar-refractivity contribution < 1.29 is 19.7 Å². The number of aliphatic hydroxyl groups is 2. The van der Waals surface area contributed by atoms with E-state index in [9.17, 15) is 9.90 Å². The molecule has 5 heterocycles. The second kappa shape index (κ2) is 9.61. The molecule has 3 unspecified atom stereocenters. The van der Waals surface area contributed by atoms with Crippen LogP contribution < -0.4 is 10.6 Å². The summed E-state index contributed by atoms with van der Waals surface area (Å²) in [5, 5.41) is 28.3. The van der Waals surface area contributed by atoms with Crippen LogP contribution in [0.1, 0.15) is 35.7 Å². The number of fused-ring (bicyclic) bond motifs is 2. The predicted octanol–water partition coefficient (Wildman–Crippen LogP) is 1.61. The van der Waals surface area contributed by atoms with Crippen LogP contribution in [-0.4, -0.2) is 79.8 Å². The predicted molar refractivity (Wildman–Crippen MR) is 130 cm³/mol. The van der Waals surface area contributed by atoms with Crippen LogP contribution in [0.25, 0.3) is 27.9 Å². The van der Waals surface area contributed by atoms with Crippen LogP contribution in [0.3, 0.4) is 0 Å². The fourth-order valence-corrected chi connectivity index (χ4v) is 4.64. The van der Waals surface area contributed by atoms with Crippen LogP contribution in [0.2, 0.25) is 0 Å². The lowest BCUT2D eigenvalue weighted by Gasteiger charge is -2.32. The zero-order valence-corrected chi connectivity index (χ0v) is 19.7. The molecule has 1 amide bonds. The molecule has 1 aliphatic carbocycles. The van der Waals surface area contributed by atoms with E-state index in [0.29, 0.717) is 30.1 Å². The summed E-state index contributed by atoms with van der Waals surface area (Å²) in [7, 11) is 2.81. The highest BCUT2D eigenvalue weighted by Gasteiger charge is 2.31. The van der Waals surface area contributed by atoms with Gasteiger partial charge in [0, 0.05) is 50.2 Å². The number of ether oxygens (including phenoxy) is 1. The van der Waals surface area contributed by atoms with Gasteiger partial charge < -0.3 is 30.2 Å². The van der Waals surface area contributed by atoms with Gasteiger partial charge in [-0.15, -0.1) is 0 Å². The summed E-state index contributed by atoms with van der Waals surface area (Å²) in [6, 6.07) is 5.89. The lowest BCUT2D eigenvalue weighted by molar-refractivity contribution is 0.0448. The van der Waals surface area contributed by atoms with Crippen LogP contribution >= 0.6 is 0 Å². The largest absolute Gasteiger partial charge is 0.400 e. The highest BCUT2D eigenvalue weighted by atomic mass is 16.5. The monoisotopic (exact) mass is 479 g/mol. The molecule has 0 bridgehead atoms. The molecule has 6 rings (SSSR count). The number of pyridine rings is 1. The van der Waals surface area contributed by atoms with E-state index in [0.717, 1.165) is 48.8 Å². The summed E-state index contributed by atoms with van der Waals surface area (Å²) in [6.45, 7) is 1.40. The molecular weight excluding hydrogens is 450 g/mol. The van der Waals surface area contributed by atoms with E-state index in [4.69, 9.17) is 14.8 Å². The molecule has 11 heteroatoms.